The van der Waals surface area contributed by atoms with Gasteiger partial charge in [0.05, 0.1) is 16.0 Å². The normalized spacial score (nSPS) is 21.7. The van der Waals surface area contributed by atoms with Crippen LogP contribution in [0, 0.1) is 0 Å². The van der Waals surface area contributed by atoms with Crippen LogP contribution >= 0.6 is 11.6 Å². The Balaban J connectivity index is 1.81. The Morgan fingerprint density at radius 1 is 1.18 bits per heavy atom. The van der Waals surface area contributed by atoms with Crippen LogP contribution in [0.4, 0.5) is 5.69 Å². The summed E-state index contributed by atoms with van der Waals surface area (Å²) in [5, 5.41) is 9.56. The summed E-state index contributed by atoms with van der Waals surface area (Å²) in [7, 11) is -3.67. The van der Waals surface area contributed by atoms with Crippen LogP contribution < -0.4 is 5.73 Å². The van der Waals surface area contributed by atoms with Crippen LogP contribution in [-0.4, -0.2) is 42.8 Å². The minimum absolute atomic E-state index is 0.0353. The Hall–Kier alpha value is -0.980. The number of hydrogen-bond donors (Lipinski definition) is 2. The van der Waals surface area contributed by atoms with Crippen molar-refractivity contribution in [1.29, 1.82) is 0 Å². The van der Waals surface area contributed by atoms with E-state index in [2.05, 4.69) is 4.90 Å². The molecule has 0 atom stereocenters. The first-order chi connectivity index (χ1) is 10.4. The number of hydrogen-bond acceptors (Lipinski definition) is 5. The van der Waals surface area contributed by atoms with Gasteiger partial charge in [-0.2, -0.15) is 0 Å². The van der Waals surface area contributed by atoms with Crippen molar-refractivity contribution in [3.63, 3.8) is 0 Å². The molecular formula is C15H21ClN2O3S. The molecule has 2 aliphatic rings. The van der Waals surface area contributed by atoms with Crippen LogP contribution in [0.3, 0.4) is 0 Å². The highest BCUT2D eigenvalue weighted by Gasteiger charge is 2.37. The van der Waals surface area contributed by atoms with E-state index in [1.165, 1.54) is 31.4 Å². The van der Waals surface area contributed by atoms with Gasteiger partial charge in [0.25, 0.3) is 0 Å². The van der Waals surface area contributed by atoms with Crippen molar-refractivity contribution < 1.29 is 13.5 Å². The average Bonchev–Trinajstić information content (AvgIpc) is 2.42. The molecule has 0 amide bonds. The van der Waals surface area contributed by atoms with E-state index in [0.717, 1.165) is 13.1 Å². The van der Waals surface area contributed by atoms with Gasteiger partial charge in [0.15, 0.2) is 15.6 Å². The van der Waals surface area contributed by atoms with Gasteiger partial charge < -0.3 is 15.7 Å². The zero-order valence-corrected chi connectivity index (χ0v) is 13.9. The number of nitrogens with two attached hydrogens (primary N) is 1. The molecule has 22 heavy (non-hydrogen) atoms. The minimum Gasteiger partial charge on any atom is -0.504 e. The second-order valence-corrected chi connectivity index (χ2v) is 8.75. The molecule has 2 fully saturated rings. The number of phenolic OH excluding ortho intramolecular Hbond substituents is 1. The SMILES string of the molecule is Nc1ccc(Cl)c(S(=O)(=O)C2CCN(C3CCC3)CC2)c1O. The van der Waals surface area contributed by atoms with E-state index >= 15 is 0 Å². The van der Waals surface area contributed by atoms with E-state index in [1.807, 2.05) is 0 Å². The molecule has 0 aromatic heterocycles. The maximum absolute atomic E-state index is 12.8. The first kappa shape index (κ1) is 15.9. The maximum Gasteiger partial charge on any atom is 0.186 e. The smallest absolute Gasteiger partial charge is 0.186 e. The molecular weight excluding hydrogens is 324 g/mol. The van der Waals surface area contributed by atoms with Crippen LogP contribution in [0.25, 0.3) is 0 Å². The van der Waals surface area contributed by atoms with Crippen LogP contribution in [0.5, 0.6) is 5.75 Å². The van der Waals surface area contributed by atoms with Crippen LogP contribution in [0.15, 0.2) is 17.0 Å². The second kappa shape index (κ2) is 5.91. The van der Waals surface area contributed by atoms with Crippen molar-refractivity contribution in [2.45, 2.75) is 48.3 Å². The van der Waals surface area contributed by atoms with Gasteiger partial charge >= 0.3 is 0 Å². The summed E-state index contributed by atoms with van der Waals surface area (Å²) in [4.78, 5) is 2.17. The number of aromatic hydroxyl groups is 1. The second-order valence-electron chi connectivity index (χ2n) is 6.18. The fourth-order valence-corrected chi connectivity index (χ4v) is 5.67. The summed E-state index contributed by atoms with van der Waals surface area (Å²) in [5.74, 6) is -0.422. The number of sulfone groups is 1. The fourth-order valence-electron chi connectivity index (χ4n) is 3.30. The molecule has 7 heteroatoms. The Morgan fingerprint density at radius 3 is 2.36 bits per heavy atom. The summed E-state index contributed by atoms with van der Waals surface area (Å²) in [6.45, 7) is 1.57. The van der Waals surface area contributed by atoms with Crippen LogP contribution in [0.1, 0.15) is 32.1 Å². The number of nitrogens with zero attached hydrogens (tertiary/aromatic N) is 1. The summed E-state index contributed by atoms with van der Waals surface area (Å²) >= 11 is 6.01. The molecule has 0 bridgehead atoms. The van der Waals surface area contributed by atoms with Crippen molar-refractivity contribution in [3.8, 4) is 5.75 Å². The molecule has 3 N–H and O–H groups in total. The van der Waals surface area contributed by atoms with Gasteiger partial charge in [-0.1, -0.05) is 18.0 Å². The van der Waals surface area contributed by atoms with Crippen LogP contribution in [-0.2, 0) is 9.84 Å². The highest BCUT2D eigenvalue weighted by Crippen LogP contribution is 2.39. The molecule has 5 nitrogen and oxygen atoms in total. The summed E-state index contributed by atoms with van der Waals surface area (Å²) < 4.78 is 25.6. The number of phenols is 1. The number of rotatable bonds is 3. The number of halogens is 1. The van der Waals surface area contributed by atoms with Crippen molar-refractivity contribution in [2.75, 3.05) is 18.8 Å². The monoisotopic (exact) mass is 344 g/mol. The lowest BCUT2D eigenvalue weighted by molar-refractivity contribution is 0.106. The lowest BCUT2D eigenvalue weighted by atomic mass is 9.90. The van der Waals surface area contributed by atoms with Gasteiger partial charge in [-0.25, -0.2) is 8.42 Å². The third-order valence-electron chi connectivity index (χ3n) is 4.91. The predicted molar refractivity (Wildman–Crippen MR) is 86.9 cm³/mol. The van der Waals surface area contributed by atoms with Gasteiger partial charge in [0.1, 0.15) is 4.90 Å². The number of benzene rings is 1. The Bertz CT molecular complexity index is 666. The number of likely N-dealkylation sites (tertiary alicyclic amines) is 1. The van der Waals surface area contributed by atoms with Gasteiger partial charge in [-0.3, -0.25) is 0 Å². The third-order valence-corrected chi connectivity index (χ3v) is 7.66. The topological polar surface area (TPSA) is 83.6 Å². The molecule has 3 rings (SSSR count). The first-order valence-corrected chi connectivity index (χ1v) is 9.58. The van der Waals surface area contributed by atoms with E-state index in [4.69, 9.17) is 17.3 Å². The lowest BCUT2D eigenvalue weighted by Gasteiger charge is -2.41. The Morgan fingerprint density at radius 2 is 1.82 bits per heavy atom. The molecule has 1 aromatic carbocycles. The maximum atomic E-state index is 12.8. The van der Waals surface area contributed by atoms with Crippen molar-refractivity contribution >= 4 is 27.1 Å². The highest BCUT2D eigenvalue weighted by molar-refractivity contribution is 7.92. The molecule has 1 aliphatic heterocycles. The van der Waals surface area contributed by atoms with Gasteiger partial charge in [-0.05, 0) is 50.9 Å². The summed E-state index contributed by atoms with van der Waals surface area (Å²) in [5.41, 5.74) is 5.66. The van der Waals surface area contributed by atoms with Gasteiger partial charge in [0.2, 0.25) is 0 Å². The van der Waals surface area contributed by atoms with E-state index in [0.29, 0.717) is 18.9 Å². The molecule has 0 radical (unpaired) electrons. The number of anilines is 1. The molecule has 1 aromatic rings. The molecule has 0 spiro atoms. The molecule has 1 saturated heterocycles. The largest absolute Gasteiger partial charge is 0.504 e. The zero-order chi connectivity index (χ0) is 15.9. The van der Waals surface area contributed by atoms with Crippen molar-refractivity contribution in [1.82, 2.24) is 4.90 Å². The molecule has 1 saturated carbocycles. The van der Waals surface area contributed by atoms with Gasteiger partial charge in [-0.15, -0.1) is 0 Å². The minimum atomic E-state index is -3.67. The van der Waals surface area contributed by atoms with E-state index < -0.39 is 20.8 Å². The molecule has 1 heterocycles. The zero-order valence-electron chi connectivity index (χ0n) is 12.3. The third kappa shape index (κ3) is 2.68. The predicted octanol–water partition coefficient (Wildman–Crippen LogP) is 2.42. The van der Waals surface area contributed by atoms with Gasteiger partial charge in [0, 0.05) is 6.04 Å². The highest BCUT2D eigenvalue weighted by atomic mass is 35.5. The molecule has 0 unspecified atom stereocenters. The standard InChI is InChI=1S/C15H21ClN2O3S/c16-12-4-5-13(17)14(19)15(12)22(20,21)11-6-8-18(9-7-11)10-2-1-3-10/h4-5,10-11,19H,1-3,6-9,17H2. The fraction of sp³-hybridized carbons (Fsp3) is 0.600. The first-order valence-electron chi connectivity index (χ1n) is 7.66. The van der Waals surface area contributed by atoms with E-state index in [-0.39, 0.29) is 15.6 Å². The summed E-state index contributed by atoms with van der Waals surface area (Å²) in [6.07, 6.45) is 4.86. The lowest BCUT2D eigenvalue weighted by Crippen LogP contribution is -2.47. The van der Waals surface area contributed by atoms with Crippen LogP contribution in [0.2, 0.25) is 5.02 Å². The van der Waals surface area contributed by atoms with Crippen molar-refractivity contribution in [3.05, 3.63) is 17.2 Å². The number of piperidine rings is 1. The average molecular weight is 345 g/mol. The quantitative estimate of drug-likeness (QED) is 0.650. The van der Waals surface area contributed by atoms with Crippen molar-refractivity contribution in [2.24, 2.45) is 0 Å². The van der Waals surface area contributed by atoms with E-state index in [9.17, 15) is 13.5 Å². The van der Waals surface area contributed by atoms with E-state index in [1.54, 1.807) is 0 Å². The molecule has 1 aliphatic carbocycles. The molecule has 122 valence electrons. The Labute approximate surface area is 136 Å². The summed E-state index contributed by atoms with van der Waals surface area (Å²) in [6, 6.07) is 3.47. The Kier molecular flexibility index (Phi) is 4.27. The number of nitrogen functional groups attached to an aromatic ring is 1.